The van der Waals surface area contributed by atoms with Gasteiger partial charge in [0.1, 0.15) is 5.69 Å². The van der Waals surface area contributed by atoms with Crippen molar-refractivity contribution in [3.63, 3.8) is 0 Å². The van der Waals surface area contributed by atoms with Crippen LogP contribution in [0.1, 0.15) is 30.2 Å². The molecule has 0 bridgehead atoms. The van der Waals surface area contributed by atoms with Gasteiger partial charge in [0.2, 0.25) is 17.6 Å². The highest BCUT2D eigenvalue weighted by Crippen LogP contribution is 2.39. The Morgan fingerprint density at radius 3 is 2.52 bits per heavy atom. The van der Waals surface area contributed by atoms with Crippen molar-refractivity contribution in [1.82, 2.24) is 20.0 Å². The van der Waals surface area contributed by atoms with E-state index in [-0.39, 0.29) is 11.8 Å². The molecule has 0 spiro atoms. The third-order valence-electron chi connectivity index (χ3n) is 5.94. The van der Waals surface area contributed by atoms with E-state index in [1.54, 1.807) is 6.20 Å². The smallest absolute Gasteiger partial charge is 0.233 e. The van der Waals surface area contributed by atoms with Crippen molar-refractivity contribution >= 4 is 5.91 Å². The minimum Gasteiger partial charge on any atom is -0.381 e. The summed E-state index contributed by atoms with van der Waals surface area (Å²) in [6.07, 6.45) is 3.12. The minimum atomic E-state index is -0.502. The maximum absolute atomic E-state index is 13.5. The van der Waals surface area contributed by atoms with Crippen molar-refractivity contribution < 1.29 is 14.1 Å². The Balaban J connectivity index is 1.31. The summed E-state index contributed by atoms with van der Waals surface area (Å²) in [6, 6.07) is 15.7. The number of rotatable bonds is 4. The first-order valence-electron chi connectivity index (χ1n) is 9.94. The molecule has 0 N–H and O–H groups in total. The molecule has 148 valence electrons. The molecule has 3 aromatic rings. The molecule has 0 unspecified atom stereocenters. The quantitative estimate of drug-likeness (QED) is 0.681. The summed E-state index contributed by atoms with van der Waals surface area (Å²) in [5, 5.41) is 4.04. The number of carbonyl (C=O) groups is 1. The largest absolute Gasteiger partial charge is 0.381 e. The van der Waals surface area contributed by atoms with Crippen LogP contribution in [-0.4, -0.2) is 52.2 Å². The molecule has 2 fully saturated rings. The molecular weight excluding hydrogens is 368 g/mol. The molecule has 4 heterocycles. The van der Waals surface area contributed by atoms with Crippen LogP contribution in [0.2, 0.25) is 0 Å². The zero-order chi connectivity index (χ0) is 19.7. The van der Waals surface area contributed by atoms with Gasteiger partial charge in [0.15, 0.2) is 0 Å². The first-order chi connectivity index (χ1) is 14.3. The lowest BCUT2D eigenvalue weighted by Gasteiger charge is -2.45. The predicted molar refractivity (Wildman–Crippen MR) is 105 cm³/mol. The van der Waals surface area contributed by atoms with Gasteiger partial charge < -0.3 is 14.2 Å². The van der Waals surface area contributed by atoms with Crippen molar-refractivity contribution in [2.45, 2.75) is 24.2 Å². The van der Waals surface area contributed by atoms with Crippen molar-refractivity contribution in [2.24, 2.45) is 0 Å². The van der Waals surface area contributed by atoms with Gasteiger partial charge in [0.05, 0.1) is 11.3 Å². The molecule has 5 rings (SSSR count). The highest BCUT2D eigenvalue weighted by molar-refractivity contribution is 5.89. The number of pyridine rings is 1. The van der Waals surface area contributed by atoms with E-state index >= 15 is 0 Å². The number of amides is 1. The monoisotopic (exact) mass is 390 g/mol. The fourth-order valence-corrected chi connectivity index (χ4v) is 4.21. The average Bonchev–Trinajstić information content (AvgIpc) is 3.24. The van der Waals surface area contributed by atoms with Crippen LogP contribution in [0, 0.1) is 0 Å². The maximum Gasteiger partial charge on any atom is 0.233 e. The molecule has 2 saturated heterocycles. The number of aromatic nitrogens is 3. The summed E-state index contributed by atoms with van der Waals surface area (Å²) in [5.74, 6) is 1.29. The van der Waals surface area contributed by atoms with Gasteiger partial charge in [-0.05, 0) is 30.5 Å². The van der Waals surface area contributed by atoms with Crippen LogP contribution in [0.25, 0.3) is 11.5 Å². The Labute approximate surface area is 168 Å². The van der Waals surface area contributed by atoms with Crippen LogP contribution < -0.4 is 0 Å². The zero-order valence-electron chi connectivity index (χ0n) is 16.0. The van der Waals surface area contributed by atoms with Crippen LogP contribution in [0.15, 0.2) is 59.3 Å². The standard InChI is InChI=1S/C22H22N4O3/c27-21(22(9-12-28-13-10-22)17-6-2-1-3-7-17)26-14-16(15-26)20-24-19(25-29-20)18-8-4-5-11-23-18/h1-8,11,16H,9-10,12-15H2. The van der Waals surface area contributed by atoms with Gasteiger partial charge in [-0.3, -0.25) is 9.78 Å². The summed E-state index contributed by atoms with van der Waals surface area (Å²) in [4.78, 5) is 24.1. The molecule has 1 amide bonds. The van der Waals surface area contributed by atoms with Gasteiger partial charge in [0, 0.05) is 32.5 Å². The number of hydrogen-bond donors (Lipinski definition) is 0. The van der Waals surface area contributed by atoms with Crippen LogP contribution in [0.5, 0.6) is 0 Å². The van der Waals surface area contributed by atoms with E-state index < -0.39 is 5.41 Å². The zero-order valence-corrected chi connectivity index (χ0v) is 16.0. The van der Waals surface area contributed by atoms with Gasteiger partial charge in [-0.2, -0.15) is 4.98 Å². The molecule has 2 aromatic heterocycles. The van der Waals surface area contributed by atoms with Gasteiger partial charge in [-0.25, -0.2) is 0 Å². The molecule has 2 aliphatic rings. The molecular formula is C22H22N4O3. The number of ether oxygens (including phenoxy) is 1. The Morgan fingerprint density at radius 1 is 1.03 bits per heavy atom. The third kappa shape index (κ3) is 3.21. The molecule has 7 heteroatoms. The molecule has 0 saturated carbocycles. The Bertz CT molecular complexity index is 978. The molecule has 1 aromatic carbocycles. The Hall–Kier alpha value is -3.06. The van der Waals surface area contributed by atoms with Gasteiger partial charge in [-0.1, -0.05) is 41.6 Å². The Kier molecular flexibility index (Phi) is 4.60. The molecule has 0 aliphatic carbocycles. The predicted octanol–water partition coefficient (Wildman–Crippen LogP) is 2.81. The first kappa shape index (κ1) is 18.0. The summed E-state index contributed by atoms with van der Waals surface area (Å²) < 4.78 is 11.0. The van der Waals surface area contributed by atoms with Crippen molar-refractivity contribution in [3.05, 3.63) is 66.2 Å². The fraction of sp³-hybridized carbons (Fsp3) is 0.364. The van der Waals surface area contributed by atoms with E-state index in [1.165, 1.54) is 0 Å². The van der Waals surface area contributed by atoms with Crippen molar-refractivity contribution in [1.29, 1.82) is 0 Å². The fourth-order valence-electron chi connectivity index (χ4n) is 4.21. The maximum atomic E-state index is 13.5. The lowest BCUT2D eigenvalue weighted by Crippen LogP contribution is -2.57. The van der Waals surface area contributed by atoms with Crippen LogP contribution in [-0.2, 0) is 14.9 Å². The second-order valence-corrected chi connectivity index (χ2v) is 7.64. The summed E-state index contributed by atoms with van der Waals surface area (Å²) in [5.41, 5.74) is 1.25. The molecule has 29 heavy (non-hydrogen) atoms. The lowest BCUT2D eigenvalue weighted by molar-refractivity contribution is -0.146. The number of benzene rings is 1. The third-order valence-corrected chi connectivity index (χ3v) is 5.94. The van der Waals surface area contributed by atoms with E-state index in [1.807, 2.05) is 41.3 Å². The van der Waals surface area contributed by atoms with Gasteiger partial charge >= 0.3 is 0 Å². The molecule has 0 atom stereocenters. The number of carbonyl (C=O) groups excluding carboxylic acids is 1. The molecule has 2 aliphatic heterocycles. The topological polar surface area (TPSA) is 81.4 Å². The summed E-state index contributed by atoms with van der Waals surface area (Å²) in [7, 11) is 0. The number of nitrogens with zero attached hydrogens (tertiary/aromatic N) is 4. The van der Waals surface area contributed by atoms with Gasteiger partial charge in [-0.15, -0.1) is 0 Å². The van der Waals surface area contributed by atoms with E-state index in [0.717, 1.165) is 5.56 Å². The second kappa shape index (κ2) is 7.40. The van der Waals surface area contributed by atoms with Crippen molar-refractivity contribution in [3.8, 4) is 11.5 Å². The lowest BCUT2D eigenvalue weighted by atomic mass is 9.72. The molecule has 0 radical (unpaired) electrons. The SMILES string of the molecule is O=C(N1CC(c2nc(-c3ccccn3)no2)C1)C1(c2ccccc2)CCOCC1. The van der Waals surface area contributed by atoms with Crippen molar-refractivity contribution in [2.75, 3.05) is 26.3 Å². The summed E-state index contributed by atoms with van der Waals surface area (Å²) >= 11 is 0. The van der Waals surface area contributed by atoms with Crippen LogP contribution >= 0.6 is 0 Å². The van der Waals surface area contributed by atoms with E-state index in [4.69, 9.17) is 9.26 Å². The number of likely N-dealkylation sites (tertiary alicyclic amines) is 1. The normalized spacial score (nSPS) is 19.0. The van der Waals surface area contributed by atoms with E-state index in [0.29, 0.717) is 56.6 Å². The van der Waals surface area contributed by atoms with Gasteiger partial charge in [0.25, 0.3) is 0 Å². The highest BCUT2D eigenvalue weighted by atomic mass is 16.5. The highest BCUT2D eigenvalue weighted by Gasteiger charge is 2.48. The van der Waals surface area contributed by atoms with Crippen LogP contribution in [0.3, 0.4) is 0 Å². The molecule has 7 nitrogen and oxygen atoms in total. The number of hydrogen-bond acceptors (Lipinski definition) is 6. The van der Waals surface area contributed by atoms with Crippen LogP contribution in [0.4, 0.5) is 0 Å². The first-order valence-corrected chi connectivity index (χ1v) is 9.94. The Morgan fingerprint density at radius 2 is 1.79 bits per heavy atom. The van der Waals surface area contributed by atoms with E-state index in [2.05, 4.69) is 27.3 Å². The average molecular weight is 390 g/mol. The second-order valence-electron chi connectivity index (χ2n) is 7.64. The van der Waals surface area contributed by atoms with E-state index in [9.17, 15) is 4.79 Å². The summed E-state index contributed by atoms with van der Waals surface area (Å²) in [6.45, 7) is 2.40. The minimum absolute atomic E-state index is 0.0663.